The van der Waals surface area contributed by atoms with Crippen LogP contribution in [-0.2, 0) is 28.7 Å². The Bertz CT molecular complexity index is 845. The Balaban J connectivity index is 2.64. The summed E-state index contributed by atoms with van der Waals surface area (Å²) in [6, 6.07) is 8.94. The van der Waals surface area contributed by atoms with Gasteiger partial charge in [-0.05, 0) is 48.8 Å². The minimum Gasteiger partial charge on any atom is -0.409 e. The lowest BCUT2D eigenvalue weighted by Gasteiger charge is -2.54. The van der Waals surface area contributed by atoms with E-state index in [-0.39, 0.29) is 10.1 Å². The maximum absolute atomic E-state index is 12.5. The van der Waals surface area contributed by atoms with Crippen molar-refractivity contribution in [1.82, 2.24) is 0 Å². The third kappa shape index (κ3) is 6.17. The molecule has 35 heavy (non-hydrogen) atoms. The molecular formula is C27H48O6Si2. The van der Waals surface area contributed by atoms with Crippen LogP contribution < -0.4 is 0 Å². The molecule has 1 aliphatic rings. The van der Waals surface area contributed by atoms with Crippen LogP contribution in [0, 0.1) is 0 Å². The number of ether oxygens (including phenoxy) is 2. The minimum absolute atomic E-state index is 0.00871. The number of aldehydes is 1. The quantitative estimate of drug-likeness (QED) is 0.350. The summed E-state index contributed by atoms with van der Waals surface area (Å²) in [6.07, 6.45) is -2.45. The van der Waals surface area contributed by atoms with Crippen LogP contribution in [0.25, 0.3) is 0 Å². The van der Waals surface area contributed by atoms with Gasteiger partial charge in [-0.25, -0.2) is 0 Å². The molecule has 6 atom stereocenters. The van der Waals surface area contributed by atoms with Gasteiger partial charge in [0.25, 0.3) is 0 Å². The Kier molecular flexibility index (Phi) is 9.08. The Labute approximate surface area is 215 Å². The Morgan fingerprint density at radius 2 is 1.31 bits per heavy atom. The fraction of sp³-hybridized carbons (Fsp3) is 0.741. The predicted octanol–water partition coefficient (Wildman–Crippen LogP) is 5.66. The van der Waals surface area contributed by atoms with Gasteiger partial charge in [-0.3, -0.25) is 4.79 Å². The smallest absolute Gasteiger partial charge is 0.192 e. The third-order valence-corrected chi connectivity index (χ3v) is 17.3. The third-order valence-electron chi connectivity index (χ3n) is 8.37. The number of methoxy groups -OCH3 is 1. The molecule has 0 radical (unpaired) electrons. The van der Waals surface area contributed by atoms with Crippen LogP contribution in [0.2, 0.25) is 36.3 Å². The number of rotatable bonds is 8. The van der Waals surface area contributed by atoms with Crippen molar-refractivity contribution in [3.8, 4) is 0 Å². The molecule has 200 valence electrons. The molecule has 8 heteroatoms. The van der Waals surface area contributed by atoms with Crippen LogP contribution in [0.3, 0.4) is 0 Å². The zero-order chi connectivity index (χ0) is 27.0. The van der Waals surface area contributed by atoms with E-state index in [1.54, 1.807) is 31.4 Å². The summed E-state index contributed by atoms with van der Waals surface area (Å²) in [5.41, 5.74) is -1.43. The molecule has 0 aromatic heterocycles. The molecule has 1 fully saturated rings. The van der Waals surface area contributed by atoms with Crippen LogP contribution in [0.5, 0.6) is 0 Å². The highest BCUT2D eigenvalue weighted by atomic mass is 28.4. The van der Waals surface area contributed by atoms with Gasteiger partial charge in [-0.1, -0.05) is 71.9 Å². The van der Waals surface area contributed by atoms with Gasteiger partial charge in [0.15, 0.2) is 28.5 Å². The van der Waals surface area contributed by atoms with Crippen LogP contribution >= 0.6 is 0 Å². The van der Waals surface area contributed by atoms with E-state index in [2.05, 4.69) is 67.7 Å². The molecule has 0 bridgehead atoms. The maximum atomic E-state index is 12.5. The van der Waals surface area contributed by atoms with E-state index in [4.69, 9.17) is 18.3 Å². The number of carbonyl (C=O) groups excluding carboxylic acids is 1. The SMILES string of the molecule is CO[C@@H]1[C@H](O[Si](C)(C)C(C)(C)C)[C@@H](C)O[C@H]([C@@](O)(C=O)c2ccccc2)[C@H]1O[Si](C)(C)C(C)(C)C. The summed E-state index contributed by atoms with van der Waals surface area (Å²) >= 11 is 0. The molecule has 1 N–H and O–H groups in total. The highest BCUT2D eigenvalue weighted by Crippen LogP contribution is 2.45. The second kappa shape index (κ2) is 10.5. The van der Waals surface area contributed by atoms with E-state index in [0.717, 1.165) is 0 Å². The largest absolute Gasteiger partial charge is 0.409 e. The first-order valence-electron chi connectivity index (χ1n) is 12.6. The van der Waals surface area contributed by atoms with E-state index < -0.39 is 52.8 Å². The van der Waals surface area contributed by atoms with Crippen molar-refractivity contribution in [2.75, 3.05) is 7.11 Å². The fourth-order valence-electron chi connectivity index (χ4n) is 3.97. The average molecular weight is 525 g/mol. The predicted molar refractivity (Wildman–Crippen MR) is 146 cm³/mol. The number of carbonyl (C=O) groups is 1. The van der Waals surface area contributed by atoms with Gasteiger partial charge < -0.3 is 23.4 Å². The van der Waals surface area contributed by atoms with Crippen molar-refractivity contribution in [3.05, 3.63) is 35.9 Å². The lowest BCUT2D eigenvalue weighted by atomic mass is 9.81. The molecule has 1 saturated heterocycles. The van der Waals surface area contributed by atoms with Crippen molar-refractivity contribution >= 4 is 22.9 Å². The topological polar surface area (TPSA) is 74.2 Å². The van der Waals surface area contributed by atoms with Gasteiger partial charge in [-0.2, -0.15) is 0 Å². The molecule has 1 aliphatic heterocycles. The summed E-state index contributed by atoms with van der Waals surface area (Å²) in [5, 5.41) is 11.7. The van der Waals surface area contributed by atoms with Crippen molar-refractivity contribution in [2.45, 2.75) is 121 Å². The monoisotopic (exact) mass is 524 g/mol. The lowest BCUT2D eigenvalue weighted by molar-refractivity contribution is -0.254. The zero-order valence-corrected chi connectivity index (χ0v) is 25.8. The normalized spacial score (nSPS) is 28.4. The van der Waals surface area contributed by atoms with E-state index >= 15 is 0 Å². The van der Waals surface area contributed by atoms with E-state index in [9.17, 15) is 9.90 Å². The molecule has 1 aromatic rings. The second-order valence-electron chi connectivity index (χ2n) is 13.0. The highest BCUT2D eigenvalue weighted by Gasteiger charge is 2.58. The molecule has 0 spiro atoms. The fourth-order valence-corrected chi connectivity index (χ4v) is 6.62. The second-order valence-corrected chi connectivity index (χ2v) is 22.5. The van der Waals surface area contributed by atoms with Gasteiger partial charge in [0.05, 0.1) is 12.2 Å². The van der Waals surface area contributed by atoms with Crippen LogP contribution in [0.1, 0.15) is 54.0 Å². The van der Waals surface area contributed by atoms with E-state index in [1.165, 1.54) is 0 Å². The zero-order valence-electron chi connectivity index (χ0n) is 23.8. The molecule has 0 unspecified atom stereocenters. The van der Waals surface area contributed by atoms with Gasteiger partial charge in [0.1, 0.15) is 18.3 Å². The molecule has 0 saturated carbocycles. The number of benzene rings is 1. The number of hydrogen-bond donors (Lipinski definition) is 1. The van der Waals surface area contributed by atoms with E-state index in [0.29, 0.717) is 11.8 Å². The minimum atomic E-state index is -2.36. The first-order valence-corrected chi connectivity index (χ1v) is 18.4. The first kappa shape index (κ1) is 30.3. The number of aliphatic hydroxyl groups is 1. The highest BCUT2D eigenvalue weighted by molar-refractivity contribution is 6.74. The molecule has 0 aliphatic carbocycles. The van der Waals surface area contributed by atoms with Crippen LogP contribution in [-0.4, -0.2) is 65.7 Å². The molecule has 0 amide bonds. The summed E-state index contributed by atoms with van der Waals surface area (Å²) in [7, 11) is -2.91. The van der Waals surface area contributed by atoms with Crippen LogP contribution in [0.4, 0.5) is 0 Å². The maximum Gasteiger partial charge on any atom is 0.192 e. The Hall–Kier alpha value is -0.876. The Morgan fingerprint density at radius 1 is 0.857 bits per heavy atom. The number of hydrogen-bond acceptors (Lipinski definition) is 6. The van der Waals surface area contributed by atoms with Gasteiger partial charge in [0, 0.05) is 7.11 Å². The molecular weight excluding hydrogens is 476 g/mol. The van der Waals surface area contributed by atoms with Gasteiger partial charge in [0.2, 0.25) is 0 Å². The van der Waals surface area contributed by atoms with Crippen LogP contribution in [0.15, 0.2) is 30.3 Å². The summed E-state index contributed by atoms with van der Waals surface area (Å²) in [4.78, 5) is 12.5. The van der Waals surface area contributed by atoms with Crippen molar-refractivity contribution < 1.29 is 28.2 Å². The molecule has 6 nitrogen and oxygen atoms in total. The standard InChI is InChI=1S/C27H48O6Si2/c1-19-21(32-34(9,10)25(2,3)4)22(30-8)23(33-35(11,12)26(5,6)7)24(31-19)27(29,18-28)20-16-14-13-15-17-20/h13-19,21-24,29H,1-12H3/t19-,21-,22-,23+,24+,27-/m1/s1. The van der Waals surface area contributed by atoms with Crippen molar-refractivity contribution in [2.24, 2.45) is 0 Å². The summed E-state index contributed by atoms with van der Waals surface area (Å²) in [6.45, 7) is 23.7. The molecule has 1 aromatic carbocycles. The van der Waals surface area contributed by atoms with Crippen molar-refractivity contribution in [1.29, 1.82) is 0 Å². The van der Waals surface area contributed by atoms with E-state index in [1.807, 2.05) is 13.0 Å². The average Bonchev–Trinajstić information content (AvgIpc) is 2.74. The molecule has 1 heterocycles. The van der Waals surface area contributed by atoms with Crippen molar-refractivity contribution in [3.63, 3.8) is 0 Å². The Morgan fingerprint density at radius 3 is 1.71 bits per heavy atom. The first-order chi connectivity index (χ1) is 15.8. The molecule has 2 rings (SSSR count). The summed E-state index contributed by atoms with van der Waals surface area (Å²) in [5.74, 6) is 0. The van der Waals surface area contributed by atoms with Gasteiger partial charge in [-0.15, -0.1) is 0 Å². The summed E-state index contributed by atoms with van der Waals surface area (Å²) < 4.78 is 26.4. The van der Waals surface area contributed by atoms with Gasteiger partial charge >= 0.3 is 0 Å². The lowest BCUT2D eigenvalue weighted by Crippen LogP contribution is -2.68.